The average molecular weight is 246 g/mol. The van der Waals surface area contributed by atoms with Gasteiger partial charge in [-0.05, 0) is 47.6 Å². The highest BCUT2D eigenvalue weighted by Gasteiger charge is 2.07. The first-order valence-corrected chi connectivity index (χ1v) is 5.89. The number of nitrogens with zero attached hydrogens (tertiary/aromatic N) is 3. The summed E-state index contributed by atoms with van der Waals surface area (Å²) in [5.41, 5.74) is 5.40. The second-order valence-electron chi connectivity index (χ2n) is 4.50. The zero-order valence-corrected chi connectivity index (χ0v) is 11.4. The van der Waals surface area contributed by atoms with E-state index in [9.17, 15) is 0 Å². The van der Waals surface area contributed by atoms with E-state index in [1.807, 2.05) is 0 Å². The number of likely N-dealkylation sites (N-methyl/N-ethyl adjacent to an activating group) is 1. The van der Waals surface area contributed by atoms with Crippen LogP contribution < -0.4 is 5.73 Å². The van der Waals surface area contributed by atoms with Gasteiger partial charge in [-0.25, -0.2) is 0 Å². The smallest absolute Gasteiger partial charge is 0.168 e. The molecule has 0 fully saturated rings. The molecule has 0 bridgehead atoms. The Morgan fingerprint density at radius 3 is 2.47 bits per heavy atom. The van der Waals surface area contributed by atoms with Crippen LogP contribution in [0.3, 0.4) is 0 Å². The highest BCUT2D eigenvalue weighted by molar-refractivity contribution is 5.83. The zero-order valence-electron chi connectivity index (χ0n) is 11.4. The van der Waals surface area contributed by atoms with Crippen LogP contribution >= 0.6 is 0 Å². The van der Waals surface area contributed by atoms with Gasteiger partial charge in [-0.15, -0.1) is 0 Å². The minimum atomic E-state index is -0.338. The van der Waals surface area contributed by atoms with Crippen LogP contribution in [0.25, 0.3) is 0 Å². The molecule has 6 nitrogen and oxygen atoms in total. The number of hydrogen-bond acceptors (Lipinski definition) is 5. The summed E-state index contributed by atoms with van der Waals surface area (Å²) in [5, 5.41) is 11.4. The lowest BCUT2D eigenvalue weighted by atomic mass is 10.3. The van der Waals surface area contributed by atoms with Crippen molar-refractivity contribution in [3.05, 3.63) is 0 Å². The van der Waals surface area contributed by atoms with Crippen molar-refractivity contribution in [3.8, 4) is 0 Å². The maximum absolute atomic E-state index is 8.45. The van der Waals surface area contributed by atoms with Gasteiger partial charge in [0.1, 0.15) is 6.10 Å². The largest absolute Gasteiger partial charge is 0.409 e. The van der Waals surface area contributed by atoms with Gasteiger partial charge in [-0.3, -0.25) is 0 Å². The summed E-state index contributed by atoms with van der Waals surface area (Å²) in [5.74, 6) is 0.111. The van der Waals surface area contributed by atoms with E-state index >= 15 is 0 Å². The molecular formula is C11H26N4O2. The molecule has 0 amide bonds. The molecule has 1 atom stereocenters. The Morgan fingerprint density at radius 1 is 1.29 bits per heavy atom. The fraction of sp³-hybridized carbons (Fsp3) is 0.909. The van der Waals surface area contributed by atoms with E-state index in [2.05, 4.69) is 36.1 Å². The van der Waals surface area contributed by atoms with Gasteiger partial charge in [0.25, 0.3) is 0 Å². The Balaban J connectivity index is 3.54. The van der Waals surface area contributed by atoms with Gasteiger partial charge < -0.3 is 25.5 Å². The molecule has 0 spiro atoms. The third-order valence-corrected chi connectivity index (χ3v) is 2.52. The number of oxime groups is 1. The molecule has 0 aromatic heterocycles. The second-order valence-corrected chi connectivity index (χ2v) is 4.50. The van der Waals surface area contributed by atoms with E-state index in [-0.39, 0.29) is 11.9 Å². The highest BCUT2D eigenvalue weighted by atomic mass is 16.5. The number of ether oxygens (including phenoxy) is 1. The summed E-state index contributed by atoms with van der Waals surface area (Å²) in [4.78, 5) is 4.38. The minimum Gasteiger partial charge on any atom is -0.409 e. The molecular weight excluding hydrogens is 220 g/mol. The van der Waals surface area contributed by atoms with Crippen molar-refractivity contribution in [2.45, 2.75) is 19.4 Å². The topological polar surface area (TPSA) is 74.3 Å². The third kappa shape index (κ3) is 8.91. The molecule has 0 aromatic carbocycles. The van der Waals surface area contributed by atoms with Crippen LogP contribution in [0.1, 0.15) is 13.3 Å². The van der Waals surface area contributed by atoms with Gasteiger partial charge in [-0.1, -0.05) is 5.16 Å². The van der Waals surface area contributed by atoms with Crippen LogP contribution in [0, 0.1) is 0 Å². The molecule has 0 heterocycles. The van der Waals surface area contributed by atoms with Gasteiger partial charge in [-0.2, -0.15) is 0 Å². The zero-order chi connectivity index (χ0) is 13.3. The normalized spacial score (nSPS) is 14.6. The molecule has 0 saturated heterocycles. The lowest BCUT2D eigenvalue weighted by Crippen LogP contribution is -2.32. The summed E-state index contributed by atoms with van der Waals surface area (Å²) < 4.78 is 5.42. The summed E-state index contributed by atoms with van der Waals surface area (Å²) in [6, 6.07) is 0. The van der Waals surface area contributed by atoms with Crippen molar-refractivity contribution < 1.29 is 9.94 Å². The Kier molecular flexibility index (Phi) is 8.75. The SMILES string of the molecule is CC(OCCN(C)CCCN(C)C)C(N)=NO. The van der Waals surface area contributed by atoms with E-state index < -0.39 is 0 Å². The fourth-order valence-corrected chi connectivity index (χ4v) is 1.32. The summed E-state index contributed by atoms with van der Waals surface area (Å²) >= 11 is 0. The maximum Gasteiger partial charge on any atom is 0.168 e. The molecule has 0 saturated carbocycles. The van der Waals surface area contributed by atoms with Crippen molar-refractivity contribution in [1.29, 1.82) is 0 Å². The van der Waals surface area contributed by atoms with Crippen LogP contribution in [0.2, 0.25) is 0 Å². The molecule has 0 aliphatic carbocycles. The van der Waals surface area contributed by atoms with Crippen molar-refractivity contribution in [3.63, 3.8) is 0 Å². The Morgan fingerprint density at radius 2 is 1.94 bits per heavy atom. The lowest BCUT2D eigenvalue weighted by molar-refractivity contribution is 0.0870. The first-order chi connectivity index (χ1) is 7.97. The van der Waals surface area contributed by atoms with Crippen LogP contribution in [0.5, 0.6) is 0 Å². The molecule has 17 heavy (non-hydrogen) atoms. The molecule has 0 radical (unpaired) electrons. The Labute approximate surface area is 104 Å². The van der Waals surface area contributed by atoms with Crippen molar-refractivity contribution >= 4 is 5.84 Å². The molecule has 0 aliphatic heterocycles. The number of rotatable bonds is 9. The summed E-state index contributed by atoms with van der Waals surface area (Å²) in [6.07, 6.45) is 0.800. The molecule has 6 heteroatoms. The maximum atomic E-state index is 8.45. The van der Waals surface area contributed by atoms with Crippen molar-refractivity contribution in [1.82, 2.24) is 9.80 Å². The Hall–Kier alpha value is -0.850. The first kappa shape index (κ1) is 16.1. The predicted molar refractivity (Wildman–Crippen MR) is 69.5 cm³/mol. The quantitative estimate of drug-likeness (QED) is 0.260. The molecule has 0 aromatic rings. The van der Waals surface area contributed by atoms with Gasteiger partial charge in [0.05, 0.1) is 6.61 Å². The molecule has 1 unspecified atom stereocenters. The van der Waals surface area contributed by atoms with Crippen LogP contribution in [0.15, 0.2) is 5.16 Å². The minimum absolute atomic E-state index is 0.111. The second kappa shape index (κ2) is 9.21. The first-order valence-electron chi connectivity index (χ1n) is 5.89. The number of nitrogens with two attached hydrogens (primary N) is 1. The number of hydrogen-bond donors (Lipinski definition) is 2. The van der Waals surface area contributed by atoms with Crippen LogP contribution in [-0.2, 0) is 4.74 Å². The van der Waals surface area contributed by atoms with Gasteiger partial charge >= 0.3 is 0 Å². The van der Waals surface area contributed by atoms with E-state index in [1.54, 1.807) is 6.92 Å². The van der Waals surface area contributed by atoms with Crippen molar-refractivity contribution in [2.75, 3.05) is 47.4 Å². The van der Waals surface area contributed by atoms with Gasteiger partial charge in [0.2, 0.25) is 0 Å². The predicted octanol–water partition coefficient (Wildman–Crippen LogP) is 0.0214. The van der Waals surface area contributed by atoms with Crippen LogP contribution in [0.4, 0.5) is 0 Å². The highest BCUT2D eigenvalue weighted by Crippen LogP contribution is 1.93. The molecule has 3 N–H and O–H groups in total. The van der Waals surface area contributed by atoms with E-state index in [0.29, 0.717) is 6.61 Å². The lowest BCUT2D eigenvalue weighted by Gasteiger charge is -2.19. The number of amidine groups is 1. The summed E-state index contributed by atoms with van der Waals surface area (Å²) in [6.45, 7) is 5.32. The molecule has 0 rings (SSSR count). The Bertz CT molecular complexity index is 222. The standard InChI is InChI=1S/C11H26N4O2/c1-10(11(12)13-16)17-9-8-15(4)7-5-6-14(2)3/h10,16H,5-9H2,1-4H3,(H2,12,13). The molecule has 102 valence electrons. The van der Waals surface area contributed by atoms with Crippen LogP contribution in [-0.4, -0.2) is 74.3 Å². The monoisotopic (exact) mass is 246 g/mol. The van der Waals surface area contributed by atoms with Gasteiger partial charge in [0, 0.05) is 6.54 Å². The molecule has 0 aliphatic rings. The van der Waals surface area contributed by atoms with E-state index in [1.165, 1.54) is 0 Å². The van der Waals surface area contributed by atoms with Gasteiger partial charge in [0.15, 0.2) is 5.84 Å². The van der Waals surface area contributed by atoms with E-state index in [0.717, 1.165) is 26.1 Å². The van der Waals surface area contributed by atoms with E-state index in [4.69, 9.17) is 15.7 Å². The average Bonchev–Trinajstić information content (AvgIpc) is 2.27. The third-order valence-electron chi connectivity index (χ3n) is 2.52. The van der Waals surface area contributed by atoms with Crippen molar-refractivity contribution in [2.24, 2.45) is 10.9 Å². The summed E-state index contributed by atoms with van der Waals surface area (Å²) in [7, 11) is 6.21. The fourth-order valence-electron chi connectivity index (χ4n) is 1.32.